The van der Waals surface area contributed by atoms with Gasteiger partial charge in [0.05, 0.1) is 24.8 Å². The number of sulfonamides is 1. The summed E-state index contributed by atoms with van der Waals surface area (Å²) >= 11 is 12.9. The second kappa shape index (κ2) is 15.8. The van der Waals surface area contributed by atoms with Crippen LogP contribution in [-0.4, -0.2) is 58.5 Å². The molecule has 43 heavy (non-hydrogen) atoms. The number of nitrogens with zero attached hydrogens (tertiary/aromatic N) is 2. The molecule has 12 heteroatoms. The van der Waals surface area contributed by atoms with E-state index < -0.39 is 28.5 Å². The zero-order valence-electron chi connectivity index (χ0n) is 24.7. The third-order valence-electron chi connectivity index (χ3n) is 6.87. The van der Waals surface area contributed by atoms with Crippen molar-refractivity contribution in [2.45, 2.75) is 50.6 Å². The Labute approximate surface area is 263 Å². The van der Waals surface area contributed by atoms with Crippen LogP contribution in [0.1, 0.15) is 38.7 Å². The first-order valence-corrected chi connectivity index (χ1v) is 16.1. The van der Waals surface area contributed by atoms with Crippen molar-refractivity contribution in [2.75, 3.05) is 31.6 Å². The smallest absolute Gasteiger partial charge is 0.264 e. The van der Waals surface area contributed by atoms with Crippen molar-refractivity contribution in [1.29, 1.82) is 0 Å². The second-order valence-corrected chi connectivity index (χ2v) is 12.3. The maximum atomic E-state index is 14.2. The lowest BCUT2D eigenvalue weighted by molar-refractivity contribution is -0.140. The number of hydrogen-bond acceptors (Lipinski definition) is 6. The summed E-state index contributed by atoms with van der Waals surface area (Å²) in [4.78, 5) is 28.8. The Bertz CT molecular complexity index is 1480. The Morgan fingerprint density at radius 3 is 2.14 bits per heavy atom. The number of carbonyl (C=O) groups is 2. The number of anilines is 1. The zero-order chi connectivity index (χ0) is 31.6. The van der Waals surface area contributed by atoms with Crippen molar-refractivity contribution in [3.63, 3.8) is 0 Å². The van der Waals surface area contributed by atoms with E-state index in [1.54, 1.807) is 55.5 Å². The number of benzene rings is 3. The van der Waals surface area contributed by atoms with Gasteiger partial charge in [0, 0.05) is 34.8 Å². The van der Waals surface area contributed by atoms with Gasteiger partial charge in [-0.3, -0.25) is 13.9 Å². The predicted octanol–water partition coefficient (Wildman–Crippen LogP) is 5.93. The van der Waals surface area contributed by atoms with Gasteiger partial charge < -0.3 is 19.7 Å². The molecule has 0 unspecified atom stereocenters. The van der Waals surface area contributed by atoms with Gasteiger partial charge in [-0.15, -0.1) is 0 Å². The minimum Gasteiger partial charge on any atom is -0.493 e. The lowest BCUT2D eigenvalue weighted by atomic mass is 10.1. The Morgan fingerprint density at radius 1 is 0.907 bits per heavy atom. The fourth-order valence-electron chi connectivity index (χ4n) is 4.51. The number of ether oxygens (including phenoxy) is 2. The van der Waals surface area contributed by atoms with Gasteiger partial charge >= 0.3 is 0 Å². The SMILES string of the molecule is CCCCNC(=O)[C@@H](CC)N(Cc1c(Cl)cccc1Cl)C(=O)CN(c1ccccc1)S(=O)(=O)c1ccc(OC)c(OC)c1. The molecule has 0 spiro atoms. The van der Waals surface area contributed by atoms with Gasteiger partial charge in [-0.2, -0.15) is 0 Å². The third-order valence-corrected chi connectivity index (χ3v) is 9.35. The molecule has 3 rings (SSSR count). The number of unbranched alkanes of at least 4 members (excludes halogenated alkanes) is 1. The molecule has 2 amide bonds. The fraction of sp³-hybridized carbons (Fsp3) is 0.355. The summed E-state index contributed by atoms with van der Waals surface area (Å²) in [5, 5.41) is 3.54. The van der Waals surface area contributed by atoms with Crippen LogP contribution >= 0.6 is 23.2 Å². The highest BCUT2D eigenvalue weighted by molar-refractivity contribution is 7.92. The van der Waals surface area contributed by atoms with E-state index in [4.69, 9.17) is 32.7 Å². The fourth-order valence-corrected chi connectivity index (χ4v) is 6.45. The van der Waals surface area contributed by atoms with E-state index in [-0.39, 0.29) is 35.2 Å². The van der Waals surface area contributed by atoms with Gasteiger partial charge in [0.25, 0.3) is 10.0 Å². The van der Waals surface area contributed by atoms with Gasteiger partial charge in [0.2, 0.25) is 11.8 Å². The average molecular weight is 651 g/mol. The Kier molecular flexibility index (Phi) is 12.5. The van der Waals surface area contributed by atoms with E-state index in [1.165, 1.54) is 37.3 Å². The largest absolute Gasteiger partial charge is 0.493 e. The lowest BCUT2D eigenvalue weighted by Gasteiger charge is -2.33. The highest BCUT2D eigenvalue weighted by Crippen LogP contribution is 2.33. The first kappa shape index (κ1) is 34.0. The topological polar surface area (TPSA) is 105 Å². The summed E-state index contributed by atoms with van der Waals surface area (Å²) < 4.78 is 39.8. The van der Waals surface area contributed by atoms with Gasteiger partial charge in [-0.25, -0.2) is 8.42 Å². The number of halogens is 2. The van der Waals surface area contributed by atoms with Gasteiger partial charge in [-0.05, 0) is 49.2 Å². The van der Waals surface area contributed by atoms with Crippen LogP contribution in [0.3, 0.4) is 0 Å². The van der Waals surface area contributed by atoms with E-state index in [0.717, 1.165) is 17.1 Å². The van der Waals surface area contributed by atoms with E-state index in [1.807, 2.05) is 6.92 Å². The third kappa shape index (κ3) is 8.34. The normalized spacial score (nSPS) is 11.9. The number of nitrogens with one attached hydrogen (secondary N) is 1. The minimum atomic E-state index is -4.30. The molecule has 0 fully saturated rings. The molecule has 0 aliphatic rings. The van der Waals surface area contributed by atoms with Crippen LogP contribution in [0.25, 0.3) is 0 Å². The summed E-state index contributed by atoms with van der Waals surface area (Å²) in [5.74, 6) is -0.387. The summed E-state index contributed by atoms with van der Waals surface area (Å²) in [6.45, 7) is 3.55. The first-order chi connectivity index (χ1) is 20.6. The molecule has 0 saturated heterocycles. The highest BCUT2D eigenvalue weighted by atomic mass is 35.5. The molecule has 0 aliphatic carbocycles. The van der Waals surface area contributed by atoms with Gasteiger partial charge in [-0.1, -0.05) is 67.7 Å². The van der Waals surface area contributed by atoms with Crippen LogP contribution in [0.15, 0.2) is 71.6 Å². The summed E-state index contributed by atoms with van der Waals surface area (Å²) in [5.41, 5.74) is 0.717. The van der Waals surface area contributed by atoms with Crippen LogP contribution in [0.5, 0.6) is 11.5 Å². The number of carbonyl (C=O) groups excluding carboxylic acids is 2. The maximum absolute atomic E-state index is 14.2. The highest BCUT2D eigenvalue weighted by Gasteiger charge is 2.34. The Balaban J connectivity index is 2.09. The standard InChI is InChI=1S/C31H37Cl2N3O6S/c1-5-7-18-34-31(38)27(6-2)35(20-24-25(32)14-11-15-26(24)33)30(37)21-36(22-12-9-8-10-13-22)43(39,40)23-16-17-28(41-3)29(19-23)42-4/h8-17,19,27H,5-7,18,20-21H2,1-4H3,(H,34,38)/t27-/m1/s1. The van der Waals surface area contributed by atoms with Gasteiger partial charge in [0.1, 0.15) is 12.6 Å². The molecular formula is C31H37Cl2N3O6S. The van der Waals surface area contributed by atoms with Crippen molar-refractivity contribution in [1.82, 2.24) is 10.2 Å². The van der Waals surface area contributed by atoms with Crippen LogP contribution in [0.2, 0.25) is 10.0 Å². The molecule has 1 atom stereocenters. The zero-order valence-corrected chi connectivity index (χ0v) is 27.0. The van der Waals surface area contributed by atoms with Crippen molar-refractivity contribution < 1.29 is 27.5 Å². The number of para-hydroxylation sites is 1. The maximum Gasteiger partial charge on any atom is 0.264 e. The van der Waals surface area contributed by atoms with Crippen molar-refractivity contribution >= 4 is 50.7 Å². The molecule has 3 aromatic rings. The quantitative estimate of drug-likeness (QED) is 0.205. The van der Waals surface area contributed by atoms with Crippen LogP contribution in [-0.2, 0) is 26.2 Å². The monoisotopic (exact) mass is 649 g/mol. The number of rotatable bonds is 15. The summed E-state index contributed by atoms with van der Waals surface area (Å²) in [6.07, 6.45) is 1.94. The average Bonchev–Trinajstić information content (AvgIpc) is 3.01. The molecule has 0 radical (unpaired) electrons. The molecule has 232 valence electrons. The predicted molar refractivity (Wildman–Crippen MR) is 170 cm³/mol. The van der Waals surface area contributed by atoms with E-state index in [9.17, 15) is 18.0 Å². The number of methoxy groups -OCH3 is 2. The summed E-state index contributed by atoms with van der Waals surface area (Å²) in [7, 11) is -1.45. The van der Waals surface area contributed by atoms with E-state index in [0.29, 0.717) is 27.9 Å². The molecule has 0 aromatic heterocycles. The minimum absolute atomic E-state index is 0.101. The second-order valence-electron chi connectivity index (χ2n) is 9.65. The van der Waals surface area contributed by atoms with Crippen LogP contribution in [0, 0.1) is 0 Å². The van der Waals surface area contributed by atoms with Crippen molar-refractivity contribution in [2.24, 2.45) is 0 Å². The van der Waals surface area contributed by atoms with Crippen molar-refractivity contribution in [3.05, 3.63) is 82.3 Å². The van der Waals surface area contributed by atoms with E-state index in [2.05, 4.69) is 5.32 Å². The summed E-state index contributed by atoms with van der Waals surface area (Å²) in [6, 6.07) is 16.5. The van der Waals surface area contributed by atoms with Crippen LogP contribution in [0.4, 0.5) is 5.69 Å². The lowest BCUT2D eigenvalue weighted by Crippen LogP contribution is -2.52. The molecule has 0 heterocycles. The number of amides is 2. The van der Waals surface area contributed by atoms with E-state index >= 15 is 0 Å². The molecule has 9 nitrogen and oxygen atoms in total. The first-order valence-electron chi connectivity index (χ1n) is 13.9. The molecule has 0 aliphatic heterocycles. The van der Waals surface area contributed by atoms with Crippen LogP contribution < -0.4 is 19.1 Å². The number of hydrogen-bond donors (Lipinski definition) is 1. The van der Waals surface area contributed by atoms with Gasteiger partial charge in [0.15, 0.2) is 11.5 Å². The molecule has 0 saturated carbocycles. The molecule has 1 N–H and O–H groups in total. The molecular weight excluding hydrogens is 613 g/mol. The molecule has 0 bridgehead atoms. The van der Waals surface area contributed by atoms with Crippen molar-refractivity contribution in [3.8, 4) is 11.5 Å². The Morgan fingerprint density at radius 2 is 1.56 bits per heavy atom. The molecule has 3 aromatic carbocycles. The Hall–Kier alpha value is -3.47.